The van der Waals surface area contributed by atoms with E-state index in [1.807, 2.05) is 6.92 Å². The second-order valence-electron chi connectivity index (χ2n) is 5.96. The number of hydrogen-bond acceptors (Lipinski definition) is 3. The minimum absolute atomic E-state index is 0.0695. The fourth-order valence-corrected chi connectivity index (χ4v) is 2.34. The first kappa shape index (κ1) is 15.4. The SMILES string of the molecule is CC(C)CNC(=O)C(C)NCC1CCCC(O)C1. The highest BCUT2D eigenvalue weighted by atomic mass is 16.3. The van der Waals surface area contributed by atoms with Gasteiger partial charge in [0.2, 0.25) is 5.91 Å². The van der Waals surface area contributed by atoms with Gasteiger partial charge in [-0.15, -0.1) is 0 Å². The summed E-state index contributed by atoms with van der Waals surface area (Å²) in [6, 6.07) is -0.150. The fraction of sp³-hybridized carbons (Fsp3) is 0.929. The van der Waals surface area contributed by atoms with Crippen LogP contribution in [-0.2, 0) is 4.79 Å². The van der Waals surface area contributed by atoms with Gasteiger partial charge in [-0.05, 0) is 44.6 Å². The third kappa shape index (κ3) is 5.83. The molecule has 0 bridgehead atoms. The van der Waals surface area contributed by atoms with Gasteiger partial charge in [0, 0.05) is 6.54 Å². The zero-order chi connectivity index (χ0) is 13.5. The molecule has 1 fully saturated rings. The van der Waals surface area contributed by atoms with Crippen LogP contribution in [0.15, 0.2) is 0 Å². The summed E-state index contributed by atoms with van der Waals surface area (Å²) in [5.41, 5.74) is 0. The lowest BCUT2D eigenvalue weighted by Gasteiger charge is -2.27. The van der Waals surface area contributed by atoms with Gasteiger partial charge in [0.1, 0.15) is 0 Å². The van der Waals surface area contributed by atoms with E-state index >= 15 is 0 Å². The number of aliphatic hydroxyl groups excluding tert-OH is 1. The second-order valence-corrected chi connectivity index (χ2v) is 5.96. The van der Waals surface area contributed by atoms with Crippen LogP contribution in [-0.4, -0.2) is 36.2 Å². The molecule has 0 aromatic rings. The van der Waals surface area contributed by atoms with Gasteiger partial charge in [-0.2, -0.15) is 0 Å². The Hall–Kier alpha value is -0.610. The van der Waals surface area contributed by atoms with Crippen molar-refractivity contribution in [3.63, 3.8) is 0 Å². The van der Waals surface area contributed by atoms with Crippen LogP contribution in [0.3, 0.4) is 0 Å². The monoisotopic (exact) mass is 256 g/mol. The normalized spacial score (nSPS) is 26.1. The largest absolute Gasteiger partial charge is 0.393 e. The molecule has 3 atom stereocenters. The van der Waals surface area contributed by atoms with Gasteiger partial charge in [-0.3, -0.25) is 4.79 Å². The van der Waals surface area contributed by atoms with Crippen LogP contribution < -0.4 is 10.6 Å². The number of rotatable bonds is 6. The Balaban J connectivity index is 2.19. The van der Waals surface area contributed by atoms with Gasteiger partial charge in [0.05, 0.1) is 12.1 Å². The zero-order valence-electron chi connectivity index (χ0n) is 11.9. The predicted octanol–water partition coefficient (Wildman–Crippen LogP) is 1.29. The number of carbonyl (C=O) groups excluding carboxylic acids is 1. The quantitative estimate of drug-likeness (QED) is 0.671. The van der Waals surface area contributed by atoms with E-state index in [0.717, 1.165) is 38.8 Å². The third-order valence-electron chi connectivity index (χ3n) is 3.55. The Labute approximate surface area is 111 Å². The molecule has 3 unspecified atom stereocenters. The van der Waals surface area contributed by atoms with Gasteiger partial charge in [-0.1, -0.05) is 20.3 Å². The summed E-state index contributed by atoms with van der Waals surface area (Å²) >= 11 is 0. The molecule has 3 N–H and O–H groups in total. The molecule has 0 radical (unpaired) electrons. The maximum atomic E-state index is 11.8. The molecule has 0 aliphatic heterocycles. The van der Waals surface area contributed by atoms with Gasteiger partial charge in [-0.25, -0.2) is 0 Å². The van der Waals surface area contributed by atoms with E-state index < -0.39 is 0 Å². The van der Waals surface area contributed by atoms with Gasteiger partial charge < -0.3 is 15.7 Å². The van der Waals surface area contributed by atoms with Crippen LogP contribution in [0, 0.1) is 11.8 Å². The number of nitrogens with one attached hydrogen (secondary N) is 2. The topological polar surface area (TPSA) is 61.4 Å². The maximum Gasteiger partial charge on any atom is 0.236 e. The van der Waals surface area contributed by atoms with Crippen LogP contribution in [0.25, 0.3) is 0 Å². The van der Waals surface area contributed by atoms with Crippen molar-refractivity contribution >= 4 is 5.91 Å². The summed E-state index contributed by atoms with van der Waals surface area (Å²) in [6.45, 7) is 7.62. The predicted molar refractivity (Wildman–Crippen MR) is 73.3 cm³/mol. The van der Waals surface area contributed by atoms with E-state index in [9.17, 15) is 9.90 Å². The highest BCUT2D eigenvalue weighted by Crippen LogP contribution is 2.23. The van der Waals surface area contributed by atoms with E-state index in [-0.39, 0.29) is 18.1 Å². The summed E-state index contributed by atoms with van der Waals surface area (Å²) in [4.78, 5) is 11.8. The average molecular weight is 256 g/mol. The number of carbonyl (C=O) groups is 1. The van der Waals surface area contributed by atoms with Crippen molar-refractivity contribution in [2.45, 2.75) is 58.6 Å². The van der Waals surface area contributed by atoms with Crippen LogP contribution in [0.2, 0.25) is 0 Å². The zero-order valence-corrected chi connectivity index (χ0v) is 11.9. The van der Waals surface area contributed by atoms with E-state index in [0.29, 0.717) is 11.8 Å². The number of aliphatic hydroxyl groups is 1. The molecular formula is C14H28N2O2. The van der Waals surface area contributed by atoms with Crippen molar-refractivity contribution in [3.05, 3.63) is 0 Å². The molecule has 0 aromatic carbocycles. The molecule has 4 nitrogen and oxygen atoms in total. The maximum absolute atomic E-state index is 11.8. The van der Waals surface area contributed by atoms with Gasteiger partial charge >= 0.3 is 0 Å². The van der Waals surface area contributed by atoms with Crippen molar-refractivity contribution in [1.29, 1.82) is 0 Å². The Bertz CT molecular complexity index is 256. The Morgan fingerprint density at radius 3 is 2.67 bits per heavy atom. The molecule has 106 valence electrons. The van der Waals surface area contributed by atoms with Crippen molar-refractivity contribution in [2.24, 2.45) is 11.8 Å². The highest BCUT2D eigenvalue weighted by Gasteiger charge is 2.21. The van der Waals surface area contributed by atoms with Crippen molar-refractivity contribution in [2.75, 3.05) is 13.1 Å². The van der Waals surface area contributed by atoms with Crippen LogP contribution >= 0.6 is 0 Å². The minimum atomic E-state index is -0.150. The van der Waals surface area contributed by atoms with E-state index in [1.165, 1.54) is 0 Å². The van der Waals surface area contributed by atoms with Gasteiger partial charge in [0.25, 0.3) is 0 Å². The lowest BCUT2D eigenvalue weighted by Crippen LogP contribution is -2.45. The molecule has 18 heavy (non-hydrogen) atoms. The Kier molecular flexibility index (Phi) is 6.65. The molecule has 1 rings (SSSR count). The molecule has 0 spiro atoms. The average Bonchev–Trinajstić information content (AvgIpc) is 2.33. The van der Waals surface area contributed by atoms with Crippen LogP contribution in [0.1, 0.15) is 46.5 Å². The fourth-order valence-electron chi connectivity index (χ4n) is 2.34. The molecule has 4 heteroatoms. The smallest absolute Gasteiger partial charge is 0.236 e. The highest BCUT2D eigenvalue weighted by molar-refractivity contribution is 5.81. The summed E-state index contributed by atoms with van der Waals surface area (Å²) < 4.78 is 0. The summed E-state index contributed by atoms with van der Waals surface area (Å²) in [7, 11) is 0. The summed E-state index contributed by atoms with van der Waals surface area (Å²) in [6.07, 6.45) is 3.91. The van der Waals surface area contributed by atoms with E-state index in [2.05, 4.69) is 24.5 Å². The van der Waals surface area contributed by atoms with Crippen molar-refractivity contribution in [1.82, 2.24) is 10.6 Å². The summed E-state index contributed by atoms with van der Waals surface area (Å²) in [5, 5.41) is 15.8. The lowest BCUT2D eigenvalue weighted by molar-refractivity contribution is -0.122. The summed E-state index contributed by atoms with van der Waals surface area (Å²) in [5.74, 6) is 1.06. The Morgan fingerprint density at radius 2 is 2.06 bits per heavy atom. The lowest BCUT2D eigenvalue weighted by atomic mass is 9.87. The first-order chi connectivity index (χ1) is 8.49. The van der Waals surface area contributed by atoms with Gasteiger partial charge in [0.15, 0.2) is 0 Å². The molecule has 1 aliphatic carbocycles. The van der Waals surface area contributed by atoms with Crippen LogP contribution in [0.4, 0.5) is 0 Å². The second kappa shape index (κ2) is 7.74. The standard InChI is InChI=1S/C14H28N2O2/c1-10(2)8-16-14(18)11(3)15-9-12-5-4-6-13(17)7-12/h10-13,15,17H,4-9H2,1-3H3,(H,16,18). The van der Waals surface area contributed by atoms with E-state index in [1.54, 1.807) is 0 Å². The molecular weight excluding hydrogens is 228 g/mol. The number of hydrogen-bond donors (Lipinski definition) is 3. The third-order valence-corrected chi connectivity index (χ3v) is 3.55. The molecule has 1 amide bonds. The molecule has 0 heterocycles. The first-order valence-electron chi connectivity index (χ1n) is 7.18. The van der Waals surface area contributed by atoms with Crippen LogP contribution in [0.5, 0.6) is 0 Å². The minimum Gasteiger partial charge on any atom is -0.393 e. The van der Waals surface area contributed by atoms with Crippen molar-refractivity contribution < 1.29 is 9.90 Å². The molecule has 1 saturated carbocycles. The van der Waals surface area contributed by atoms with Crippen molar-refractivity contribution in [3.8, 4) is 0 Å². The Morgan fingerprint density at radius 1 is 1.33 bits per heavy atom. The molecule has 1 aliphatic rings. The molecule has 0 saturated heterocycles. The van der Waals surface area contributed by atoms with E-state index in [4.69, 9.17) is 0 Å². The number of amides is 1. The first-order valence-corrected chi connectivity index (χ1v) is 7.18. The molecule has 0 aromatic heterocycles.